The molecule has 0 amide bonds. The molecule has 1 aromatic heterocycles. The Morgan fingerprint density at radius 1 is 1.29 bits per heavy atom. The molecule has 1 N–H and O–H groups in total. The number of rotatable bonds is 7. The minimum atomic E-state index is 0.630. The van der Waals surface area contributed by atoms with Crippen molar-refractivity contribution in [2.24, 2.45) is 5.92 Å². The summed E-state index contributed by atoms with van der Waals surface area (Å²) in [5.74, 6) is 0.853. The van der Waals surface area contributed by atoms with Gasteiger partial charge < -0.3 is 5.32 Å². The average Bonchev–Trinajstić information content (AvgIpc) is 2.47. The lowest BCUT2D eigenvalue weighted by Gasteiger charge is -2.33. The van der Waals surface area contributed by atoms with Gasteiger partial charge in [0.1, 0.15) is 0 Å². The monoisotopic (exact) mass is 289 g/mol. The summed E-state index contributed by atoms with van der Waals surface area (Å²) in [6, 6.07) is 6.93. The predicted molar refractivity (Wildman–Crippen MR) is 89.3 cm³/mol. The zero-order valence-electron chi connectivity index (χ0n) is 13.9. The van der Waals surface area contributed by atoms with Gasteiger partial charge in [0.2, 0.25) is 0 Å². The van der Waals surface area contributed by atoms with E-state index >= 15 is 0 Å². The zero-order valence-corrected chi connectivity index (χ0v) is 13.9. The second-order valence-electron chi connectivity index (χ2n) is 6.53. The smallest absolute Gasteiger partial charge is 0.0547 e. The third kappa shape index (κ3) is 5.40. The van der Waals surface area contributed by atoms with Crippen LogP contribution in [-0.2, 0) is 6.54 Å². The molecule has 21 heavy (non-hydrogen) atoms. The summed E-state index contributed by atoms with van der Waals surface area (Å²) in [4.78, 5) is 7.04. The van der Waals surface area contributed by atoms with Crippen LogP contribution < -0.4 is 5.32 Å². The van der Waals surface area contributed by atoms with Crippen LogP contribution in [0, 0.1) is 12.8 Å². The Morgan fingerprint density at radius 2 is 2.05 bits per heavy atom. The summed E-state index contributed by atoms with van der Waals surface area (Å²) in [5, 5.41) is 3.72. The van der Waals surface area contributed by atoms with Gasteiger partial charge in [0.05, 0.1) is 5.69 Å². The van der Waals surface area contributed by atoms with Gasteiger partial charge in [-0.25, -0.2) is 0 Å². The van der Waals surface area contributed by atoms with Gasteiger partial charge in [-0.1, -0.05) is 32.3 Å². The quantitative estimate of drug-likeness (QED) is 0.834. The predicted octanol–water partition coefficient (Wildman–Crippen LogP) is 3.38. The summed E-state index contributed by atoms with van der Waals surface area (Å²) in [5.41, 5.74) is 2.29. The topological polar surface area (TPSA) is 28.2 Å². The molecule has 2 rings (SSSR count). The molecule has 1 saturated carbocycles. The molecule has 0 aliphatic heterocycles. The van der Waals surface area contributed by atoms with Crippen LogP contribution in [0.3, 0.4) is 0 Å². The molecular formula is C18H31N3. The van der Waals surface area contributed by atoms with Gasteiger partial charge >= 0.3 is 0 Å². The second-order valence-corrected chi connectivity index (χ2v) is 6.53. The molecular weight excluding hydrogens is 258 g/mol. The highest BCUT2D eigenvalue weighted by Crippen LogP contribution is 2.27. The van der Waals surface area contributed by atoms with Crippen LogP contribution in [0.25, 0.3) is 0 Å². The first kappa shape index (κ1) is 16.4. The fourth-order valence-electron chi connectivity index (χ4n) is 3.54. The van der Waals surface area contributed by atoms with Crippen molar-refractivity contribution in [2.45, 2.75) is 58.5 Å². The highest BCUT2D eigenvalue weighted by Gasteiger charge is 2.24. The Morgan fingerprint density at radius 3 is 2.71 bits per heavy atom. The first-order chi connectivity index (χ1) is 10.2. The Kier molecular flexibility index (Phi) is 6.65. The van der Waals surface area contributed by atoms with E-state index in [2.05, 4.69) is 54.3 Å². The van der Waals surface area contributed by atoms with E-state index in [1.54, 1.807) is 0 Å². The first-order valence-electron chi connectivity index (χ1n) is 8.53. The SMILES string of the molecule is CCNC(CN(C)Cc1cccc(C)n1)C1CCCCC1. The molecule has 1 aliphatic carbocycles. The molecule has 1 aromatic rings. The Hall–Kier alpha value is -0.930. The molecule has 1 aliphatic rings. The maximum atomic E-state index is 4.62. The molecule has 3 nitrogen and oxygen atoms in total. The molecule has 1 unspecified atom stereocenters. The molecule has 1 atom stereocenters. The van der Waals surface area contributed by atoms with Gasteiger partial charge in [0.15, 0.2) is 0 Å². The minimum Gasteiger partial charge on any atom is -0.313 e. The summed E-state index contributed by atoms with van der Waals surface area (Å²) in [6.45, 7) is 7.41. The maximum absolute atomic E-state index is 4.62. The Balaban J connectivity index is 1.89. The highest BCUT2D eigenvalue weighted by atomic mass is 15.1. The van der Waals surface area contributed by atoms with E-state index < -0.39 is 0 Å². The van der Waals surface area contributed by atoms with Crippen molar-refractivity contribution in [3.8, 4) is 0 Å². The molecule has 1 heterocycles. The summed E-state index contributed by atoms with van der Waals surface area (Å²) in [6.07, 6.45) is 7.05. The molecule has 0 bridgehead atoms. The molecule has 1 fully saturated rings. The number of hydrogen-bond donors (Lipinski definition) is 1. The summed E-state index contributed by atoms with van der Waals surface area (Å²) in [7, 11) is 2.22. The van der Waals surface area contributed by atoms with Gasteiger partial charge in [-0.15, -0.1) is 0 Å². The van der Waals surface area contributed by atoms with E-state index in [4.69, 9.17) is 0 Å². The van der Waals surface area contributed by atoms with E-state index in [-0.39, 0.29) is 0 Å². The average molecular weight is 289 g/mol. The summed E-state index contributed by atoms with van der Waals surface area (Å²) < 4.78 is 0. The number of nitrogens with one attached hydrogen (secondary N) is 1. The molecule has 3 heteroatoms. The number of likely N-dealkylation sites (N-methyl/N-ethyl adjacent to an activating group) is 2. The zero-order chi connectivity index (χ0) is 15.1. The Bertz CT molecular complexity index is 413. The number of pyridine rings is 1. The van der Waals surface area contributed by atoms with Gasteiger partial charge in [-0.05, 0) is 51.4 Å². The van der Waals surface area contributed by atoms with Crippen LogP contribution in [-0.4, -0.2) is 36.1 Å². The number of nitrogens with zero attached hydrogens (tertiary/aromatic N) is 2. The summed E-state index contributed by atoms with van der Waals surface area (Å²) >= 11 is 0. The van der Waals surface area contributed by atoms with Crippen molar-refractivity contribution >= 4 is 0 Å². The van der Waals surface area contributed by atoms with Gasteiger partial charge in [0, 0.05) is 24.8 Å². The third-order valence-corrected chi connectivity index (χ3v) is 4.57. The van der Waals surface area contributed by atoms with E-state index in [0.29, 0.717) is 6.04 Å². The number of aromatic nitrogens is 1. The largest absolute Gasteiger partial charge is 0.313 e. The number of hydrogen-bond acceptors (Lipinski definition) is 3. The van der Waals surface area contributed by atoms with E-state index in [0.717, 1.165) is 31.2 Å². The fourth-order valence-corrected chi connectivity index (χ4v) is 3.54. The van der Waals surface area contributed by atoms with Crippen LogP contribution in [0.2, 0.25) is 0 Å². The van der Waals surface area contributed by atoms with E-state index in [1.165, 1.54) is 37.8 Å². The van der Waals surface area contributed by atoms with Crippen LogP contribution in [0.15, 0.2) is 18.2 Å². The second kappa shape index (κ2) is 8.50. The van der Waals surface area contributed by atoms with Crippen LogP contribution in [0.1, 0.15) is 50.4 Å². The van der Waals surface area contributed by atoms with Crippen LogP contribution in [0.5, 0.6) is 0 Å². The highest BCUT2D eigenvalue weighted by molar-refractivity contribution is 5.09. The first-order valence-corrected chi connectivity index (χ1v) is 8.53. The standard InChI is InChI=1S/C18H31N3/c1-4-19-18(16-10-6-5-7-11-16)14-21(3)13-17-12-8-9-15(2)20-17/h8-9,12,16,18-19H,4-7,10-11,13-14H2,1-3H3. The van der Waals surface area contributed by atoms with Crippen molar-refractivity contribution in [3.63, 3.8) is 0 Å². The lowest BCUT2D eigenvalue weighted by Crippen LogP contribution is -2.45. The van der Waals surface area contributed by atoms with Gasteiger partial charge in [0.25, 0.3) is 0 Å². The third-order valence-electron chi connectivity index (χ3n) is 4.57. The molecule has 0 spiro atoms. The normalized spacial score (nSPS) is 18.1. The number of aryl methyl sites for hydroxylation is 1. The molecule has 0 aromatic carbocycles. The van der Waals surface area contributed by atoms with Crippen molar-refractivity contribution in [3.05, 3.63) is 29.6 Å². The van der Waals surface area contributed by atoms with Crippen molar-refractivity contribution in [1.82, 2.24) is 15.2 Å². The molecule has 0 saturated heterocycles. The lowest BCUT2D eigenvalue weighted by atomic mass is 9.83. The maximum Gasteiger partial charge on any atom is 0.0547 e. The molecule has 118 valence electrons. The Labute approximate surface area is 130 Å². The lowest BCUT2D eigenvalue weighted by molar-refractivity contribution is 0.201. The van der Waals surface area contributed by atoms with Crippen molar-refractivity contribution in [1.29, 1.82) is 0 Å². The van der Waals surface area contributed by atoms with Crippen LogP contribution in [0.4, 0.5) is 0 Å². The van der Waals surface area contributed by atoms with E-state index in [1.807, 2.05) is 0 Å². The molecule has 0 radical (unpaired) electrons. The fraction of sp³-hybridized carbons (Fsp3) is 0.722. The van der Waals surface area contributed by atoms with E-state index in [9.17, 15) is 0 Å². The van der Waals surface area contributed by atoms with Crippen LogP contribution >= 0.6 is 0 Å². The van der Waals surface area contributed by atoms with Gasteiger partial charge in [-0.2, -0.15) is 0 Å². The van der Waals surface area contributed by atoms with Crippen molar-refractivity contribution in [2.75, 3.05) is 20.1 Å². The van der Waals surface area contributed by atoms with Gasteiger partial charge in [-0.3, -0.25) is 9.88 Å². The van der Waals surface area contributed by atoms with Crippen molar-refractivity contribution < 1.29 is 0 Å². The minimum absolute atomic E-state index is 0.630.